The lowest BCUT2D eigenvalue weighted by Crippen LogP contribution is -2.61. The average molecular weight is 299 g/mol. The lowest BCUT2D eigenvalue weighted by atomic mass is 10.0. The van der Waals surface area contributed by atoms with Gasteiger partial charge in [-0.05, 0) is 33.6 Å². The van der Waals surface area contributed by atoms with Gasteiger partial charge in [0.15, 0.2) is 0 Å². The molecule has 2 heterocycles. The van der Waals surface area contributed by atoms with Gasteiger partial charge < -0.3 is 20.1 Å². The van der Waals surface area contributed by atoms with Crippen LogP contribution in [0, 0.1) is 0 Å². The Morgan fingerprint density at radius 1 is 1.38 bits per heavy atom. The molecule has 2 unspecified atom stereocenters. The smallest absolute Gasteiger partial charge is 0.410 e. The first-order chi connectivity index (χ1) is 9.90. The van der Waals surface area contributed by atoms with E-state index in [1.807, 2.05) is 20.8 Å². The Labute approximate surface area is 127 Å². The maximum absolute atomic E-state index is 12.2. The van der Waals surface area contributed by atoms with Gasteiger partial charge in [-0.1, -0.05) is 0 Å². The second-order valence-corrected chi connectivity index (χ2v) is 6.92. The van der Waals surface area contributed by atoms with E-state index in [4.69, 9.17) is 15.2 Å². The number of hydrogen-bond donors (Lipinski definition) is 1. The van der Waals surface area contributed by atoms with Crippen molar-refractivity contribution < 1.29 is 14.3 Å². The molecule has 0 aliphatic carbocycles. The number of ether oxygens (including phenoxy) is 2. The molecule has 1 amide bonds. The summed E-state index contributed by atoms with van der Waals surface area (Å²) in [5, 5.41) is 0. The number of rotatable bonds is 2. The fraction of sp³-hybridized carbons (Fsp3) is 0.933. The van der Waals surface area contributed by atoms with E-state index in [9.17, 15) is 4.79 Å². The third-order valence-electron chi connectivity index (χ3n) is 4.06. The quantitative estimate of drug-likeness (QED) is 0.825. The largest absolute Gasteiger partial charge is 0.444 e. The monoisotopic (exact) mass is 299 g/mol. The highest BCUT2D eigenvalue weighted by Gasteiger charge is 2.35. The lowest BCUT2D eigenvalue weighted by Gasteiger charge is -2.45. The zero-order valence-corrected chi connectivity index (χ0v) is 13.5. The summed E-state index contributed by atoms with van der Waals surface area (Å²) < 4.78 is 11.0. The molecule has 0 aromatic heterocycles. The van der Waals surface area contributed by atoms with Gasteiger partial charge in [-0.3, -0.25) is 4.90 Å². The van der Waals surface area contributed by atoms with E-state index in [0.29, 0.717) is 25.7 Å². The van der Waals surface area contributed by atoms with Crippen LogP contribution in [-0.4, -0.2) is 73.0 Å². The number of piperazine rings is 1. The highest BCUT2D eigenvalue weighted by Crippen LogP contribution is 2.20. The SMILES string of the molecule is CC(C)(C)OC(=O)N1CCN(C2CCCOC2)C(CN)C1. The molecule has 122 valence electrons. The van der Waals surface area contributed by atoms with E-state index >= 15 is 0 Å². The predicted octanol–water partition coefficient (Wildman–Crippen LogP) is 1.05. The van der Waals surface area contributed by atoms with Crippen molar-refractivity contribution in [1.82, 2.24) is 9.80 Å². The Morgan fingerprint density at radius 2 is 2.14 bits per heavy atom. The fourth-order valence-electron chi connectivity index (χ4n) is 3.04. The summed E-state index contributed by atoms with van der Waals surface area (Å²) in [5.74, 6) is 0. The maximum Gasteiger partial charge on any atom is 0.410 e. The second-order valence-electron chi connectivity index (χ2n) is 6.92. The molecular weight excluding hydrogens is 270 g/mol. The van der Waals surface area contributed by atoms with Crippen molar-refractivity contribution in [3.8, 4) is 0 Å². The van der Waals surface area contributed by atoms with Crippen molar-refractivity contribution >= 4 is 6.09 Å². The van der Waals surface area contributed by atoms with Gasteiger partial charge >= 0.3 is 6.09 Å². The van der Waals surface area contributed by atoms with Crippen LogP contribution in [0.5, 0.6) is 0 Å². The Kier molecular flexibility index (Phi) is 5.46. The Bertz CT molecular complexity index is 351. The van der Waals surface area contributed by atoms with Crippen LogP contribution in [0.1, 0.15) is 33.6 Å². The van der Waals surface area contributed by atoms with E-state index in [-0.39, 0.29) is 12.1 Å². The summed E-state index contributed by atoms with van der Waals surface area (Å²) in [7, 11) is 0. The van der Waals surface area contributed by atoms with Crippen molar-refractivity contribution in [3.63, 3.8) is 0 Å². The third-order valence-corrected chi connectivity index (χ3v) is 4.06. The molecule has 0 aromatic rings. The highest BCUT2D eigenvalue weighted by atomic mass is 16.6. The van der Waals surface area contributed by atoms with Crippen LogP contribution < -0.4 is 5.73 Å². The molecule has 0 aromatic carbocycles. The summed E-state index contributed by atoms with van der Waals surface area (Å²) in [6.07, 6.45) is 2.03. The molecule has 21 heavy (non-hydrogen) atoms. The number of nitrogens with zero attached hydrogens (tertiary/aromatic N) is 2. The molecule has 2 atom stereocenters. The van der Waals surface area contributed by atoms with Crippen molar-refractivity contribution in [1.29, 1.82) is 0 Å². The van der Waals surface area contributed by atoms with E-state index in [1.165, 1.54) is 0 Å². The van der Waals surface area contributed by atoms with Gasteiger partial charge in [0.2, 0.25) is 0 Å². The fourth-order valence-corrected chi connectivity index (χ4v) is 3.04. The molecule has 6 nitrogen and oxygen atoms in total. The average Bonchev–Trinajstić information content (AvgIpc) is 2.45. The zero-order chi connectivity index (χ0) is 15.5. The number of carbonyl (C=O) groups is 1. The number of carbonyl (C=O) groups excluding carboxylic acids is 1. The van der Waals surface area contributed by atoms with Crippen molar-refractivity contribution in [2.75, 3.05) is 39.4 Å². The molecule has 0 radical (unpaired) electrons. The van der Waals surface area contributed by atoms with Crippen LogP contribution in [0.3, 0.4) is 0 Å². The van der Waals surface area contributed by atoms with Crippen molar-refractivity contribution in [2.24, 2.45) is 5.73 Å². The minimum atomic E-state index is -0.455. The van der Waals surface area contributed by atoms with Crippen LogP contribution in [0.15, 0.2) is 0 Å². The lowest BCUT2D eigenvalue weighted by molar-refractivity contribution is -0.0345. The molecular formula is C15H29N3O3. The van der Waals surface area contributed by atoms with Crippen LogP contribution in [-0.2, 0) is 9.47 Å². The highest BCUT2D eigenvalue weighted by molar-refractivity contribution is 5.68. The topological polar surface area (TPSA) is 68.0 Å². The summed E-state index contributed by atoms with van der Waals surface area (Å²) in [4.78, 5) is 16.4. The Balaban J connectivity index is 1.92. The Morgan fingerprint density at radius 3 is 2.71 bits per heavy atom. The molecule has 2 rings (SSSR count). The molecule has 2 aliphatic rings. The van der Waals surface area contributed by atoms with E-state index in [2.05, 4.69) is 4.90 Å². The minimum absolute atomic E-state index is 0.193. The number of nitrogens with two attached hydrogens (primary N) is 1. The van der Waals surface area contributed by atoms with Crippen LogP contribution in [0.2, 0.25) is 0 Å². The second kappa shape index (κ2) is 6.94. The molecule has 0 spiro atoms. The molecule has 6 heteroatoms. The number of hydrogen-bond acceptors (Lipinski definition) is 5. The van der Waals surface area contributed by atoms with Gasteiger partial charge in [-0.2, -0.15) is 0 Å². The number of amides is 1. The van der Waals surface area contributed by atoms with Gasteiger partial charge in [0.1, 0.15) is 5.60 Å². The minimum Gasteiger partial charge on any atom is -0.444 e. The molecule has 2 fully saturated rings. The van der Waals surface area contributed by atoms with Gasteiger partial charge in [0, 0.05) is 44.9 Å². The first kappa shape index (κ1) is 16.5. The van der Waals surface area contributed by atoms with E-state index < -0.39 is 5.60 Å². The van der Waals surface area contributed by atoms with Crippen LogP contribution in [0.25, 0.3) is 0 Å². The first-order valence-corrected chi connectivity index (χ1v) is 7.92. The normalized spacial score (nSPS) is 28.5. The van der Waals surface area contributed by atoms with E-state index in [0.717, 1.165) is 32.6 Å². The van der Waals surface area contributed by atoms with Gasteiger partial charge in [-0.15, -0.1) is 0 Å². The zero-order valence-electron chi connectivity index (χ0n) is 13.5. The van der Waals surface area contributed by atoms with Gasteiger partial charge in [-0.25, -0.2) is 4.79 Å². The molecule has 0 bridgehead atoms. The standard InChI is InChI=1S/C15H29N3O3/c1-15(2,3)21-14(19)17-6-7-18(13(9-16)10-17)12-5-4-8-20-11-12/h12-13H,4-11,16H2,1-3H3. The molecule has 0 saturated carbocycles. The van der Waals surface area contributed by atoms with E-state index in [1.54, 1.807) is 4.90 Å². The van der Waals surface area contributed by atoms with Crippen LogP contribution in [0.4, 0.5) is 4.79 Å². The molecule has 2 saturated heterocycles. The summed E-state index contributed by atoms with van der Waals surface area (Å²) in [5.41, 5.74) is 5.47. The summed E-state index contributed by atoms with van der Waals surface area (Å²) >= 11 is 0. The van der Waals surface area contributed by atoms with Gasteiger partial charge in [0.05, 0.1) is 6.61 Å². The van der Waals surface area contributed by atoms with Crippen molar-refractivity contribution in [2.45, 2.75) is 51.3 Å². The summed E-state index contributed by atoms with van der Waals surface area (Å²) in [6, 6.07) is 0.631. The summed E-state index contributed by atoms with van der Waals surface area (Å²) in [6.45, 7) is 10.0. The molecule has 2 N–H and O–H groups in total. The maximum atomic E-state index is 12.2. The van der Waals surface area contributed by atoms with Crippen LogP contribution >= 0.6 is 0 Å². The molecule has 2 aliphatic heterocycles. The van der Waals surface area contributed by atoms with Crippen molar-refractivity contribution in [3.05, 3.63) is 0 Å². The Hall–Kier alpha value is -0.850. The predicted molar refractivity (Wildman–Crippen MR) is 81.2 cm³/mol. The van der Waals surface area contributed by atoms with Gasteiger partial charge in [0.25, 0.3) is 0 Å². The third kappa shape index (κ3) is 4.56. The first-order valence-electron chi connectivity index (χ1n) is 7.92.